The van der Waals surface area contributed by atoms with Gasteiger partial charge in [-0.1, -0.05) is 34.6 Å². The van der Waals surface area contributed by atoms with Crippen LogP contribution >= 0.6 is 0 Å². The van der Waals surface area contributed by atoms with E-state index in [0.717, 1.165) is 43.8 Å². The number of piperidine rings is 1. The van der Waals surface area contributed by atoms with Gasteiger partial charge in [0.2, 0.25) is 0 Å². The average molecular weight is 338 g/mol. The molecule has 3 aliphatic rings. The SMILES string of the molecule is CC1CC(C)CN(CC(O)CCOC2CC3CCC2(C)C3(C)C)C1. The van der Waals surface area contributed by atoms with Crippen LogP contribution in [0.3, 0.4) is 0 Å². The van der Waals surface area contributed by atoms with E-state index < -0.39 is 0 Å². The monoisotopic (exact) mass is 337 g/mol. The number of hydrogen-bond donors (Lipinski definition) is 1. The van der Waals surface area contributed by atoms with Crippen molar-refractivity contribution in [3.63, 3.8) is 0 Å². The van der Waals surface area contributed by atoms with E-state index in [9.17, 15) is 5.11 Å². The predicted octanol–water partition coefficient (Wildman–Crippen LogP) is 3.95. The van der Waals surface area contributed by atoms with Crippen LogP contribution in [0.2, 0.25) is 0 Å². The summed E-state index contributed by atoms with van der Waals surface area (Å²) in [5, 5.41) is 10.4. The molecule has 3 fully saturated rings. The molecule has 1 aliphatic heterocycles. The maximum atomic E-state index is 10.4. The van der Waals surface area contributed by atoms with E-state index in [-0.39, 0.29) is 6.10 Å². The van der Waals surface area contributed by atoms with Gasteiger partial charge >= 0.3 is 0 Å². The van der Waals surface area contributed by atoms with Crippen LogP contribution in [0.15, 0.2) is 0 Å². The van der Waals surface area contributed by atoms with Crippen LogP contribution in [0.4, 0.5) is 0 Å². The maximum Gasteiger partial charge on any atom is 0.0689 e. The zero-order chi connectivity index (χ0) is 17.5. The second-order valence-electron chi connectivity index (χ2n) is 10.1. The van der Waals surface area contributed by atoms with Crippen molar-refractivity contribution in [3.8, 4) is 0 Å². The highest BCUT2D eigenvalue weighted by atomic mass is 16.5. The van der Waals surface area contributed by atoms with E-state index in [1.807, 2.05) is 0 Å². The van der Waals surface area contributed by atoms with Crippen LogP contribution in [0.25, 0.3) is 0 Å². The molecular weight excluding hydrogens is 298 g/mol. The number of aliphatic hydroxyl groups is 1. The fourth-order valence-electron chi connectivity index (χ4n) is 6.06. The van der Waals surface area contributed by atoms with Crippen molar-refractivity contribution in [1.82, 2.24) is 4.90 Å². The Bertz CT molecular complexity index is 428. The lowest BCUT2D eigenvalue weighted by atomic mass is 9.70. The fraction of sp³-hybridized carbons (Fsp3) is 1.00. The van der Waals surface area contributed by atoms with Gasteiger partial charge in [-0.25, -0.2) is 0 Å². The summed E-state index contributed by atoms with van der Waals surface area (Å²) in [4.78, 5) is 2.45. The van der Waals surface area contributed by atoms with Crippen LogP contribution in [-0.2, 0) is 4.74 Å². The van der Waals surface area contributed by atoms with Gasteiger partial charge in [-0.05, 0) is 60.7 Å². The van der Waals surface area contributed by atoms with Crippen LogP contribution in [0.1, 0.15) is 66.7 Å². The molecule has 6 unspecified atom stereocenters. The molecule has 3 rings (SSSR count). The number of aliphatic hydroxyl groups excluding tert-OH is 1. The Kier molecular flexibility index (Phi) is 5.36. The Morgan fingerprint density at radius 2 is 1.79 bits per heavy atom. The first-order valence-corrected chi connectivity index (χ1v) is 10.2. The van der Waals surface area contributed by atoms with Crippen LogP contribution in [0, 0.1) is 28.6 Å². The van der Waals surface area contributed by atoms with Gasteiger partial charge in [-0.2, -0.15) is 0 Å². The second kappa shape index (κ2) is 6.89. The Labute approximate surface area is 149 Å². The molecule has 2 aliphatic carbocycles. The molecule has 0 radical (unpaired) electrons. The second-order valence-corrected chi connectivity index (χ2v) is 10.1. The van der Waals surface area contributed by atoms with Gasteiger partial charge in [0, 0.05) is 26.2 Å². The lowest BCUT2D eigenvalue weighted by molar-refractivity contribution is -0.0572. The fourth-order valence-corrected chi connectivity index (χ4v) is 6.06. The lowest BCUT2D eigenvalue weighted by Crippen LogP contribution is -2.43. The molecule has 0 aromatic rings. The summed E-state index contributed by atoms with van der Waals surface area (Å²) in [6, 6.07) is 0. The molecule has 24 heavy (non-hydrogen) atoms. The van der Waals surface area contributed by atoms with E-state index in [0.29, 0.717) is 23.5 Å². The minimum atomic E-state index is -0.248. The molecule has 2 bridgehead atoms. The van der Waals surface area contributed by atoms with Crippen molar-refractivity contribution in [3.05, 3.63) is 0 Å². The molecule has 2 saturated carbocycles. The Balaban J connectivity index is 1.41. The third kappa shape index (κ3) is 3.41. The highest BCUT2D eigenvalue weighted by Crippen LogP contribution is 2.66. The normalized spacial score (nSPS) is 43.2. The van der Waals surface area contributed by atoms with Crippen molar-refractivity contribution in [1.29, 1.82) is 0 Å². The number of fused-ring (bicyclic) bond motifs is 2. The first-order chi connectivity index (χ1) is 11.2. The summed E-state index contributed by atoms with van der Waals surface area (Å²) in [7, 11) is 0. The van der Waals surface area contributed by atoms with Crippen molar-refractivity contribution in [2.24, 2.45) is 28.6 Å². The maximum absolute atomic E-state index is 10.4. The molecule has 0 aromatic heterocycles. The van der Waals surface area contributed by atoms with Gasteiger partial charge in [0.25, 0.3) is 0 Å². The third-order valence-corrected chi connectivity index (χ3v) is 7.90. The molecule has 140 valence electrons. The van der Waals surface area contributed by atoms with Gasteiger partial charge < -0.3 is 14.7 Å². The first-order valence-electron chi connectivity index (χ1n) is 10.2. The number of ether oxygens (including phenoxy) is 1. The van der Waals surface area contributed by atoms with E-state index in [4.69, 9.17) is 4.74 Å². The molecule has 1 saturated heterocycles. The molecule has 0 spiro atoms. The molecule has 6 atom stereocenters. The first kappa shape index (κ1) is 18.7. The van der Waals surface area contributed by atoms with Crippen LogP contribution in [-0.4, -0.2) is 48.5 Å². The van der Waals surface area contributed by atoms with Crippen molar-refractivity contribution in [2.45, 2.75) is 78.9 Å². The van der Waals surface area contributed by atoms with Crippen molar-refractivity contribution in [2.75, 3.05) is 26.2 Å². The highest BCUT2D eigenvalue weighted by Gasteiger charge is 2.61. The topological polar surface area (TPSA) is 32.7 Å². The van der Waals surface area contributed by atoms with Gasteiger partial charge in [0.15, 0.2) is 0 Å². The smallest absolute Gasteiger partial charge is 0.0689 e. The Hall–Kier alpha value is -0.120. The third-order valence-electron chi connectivity index (χ3n) is 7.90. The summed E-state index contributed by atoms with van der Waals surface area (Å²) >= 11 is 0. The molecular formula is C21H39NO2. The molecule has 0 aromatic carbocycles. The van der Waals surface area contributed by atoms with Gasteiger partial charge in [0.05, 0.1) is 12.2 Å². The summed E-state index contributed by atoms with van der Waals surface area (Å²) in [5.41, 5.74) is 0.747. The lowest BCUT2D eigenvalue weighted by Gasteiger charge is -2.39. The largest absolute Gasteiger partial charge is 0.392 e. The zero-order valence-electron chi connectivity index (χ0n) is 16.6. The minimum Gasteiger partial charge on any atom is -0.392 e. The van der Waals surface area contributed by atoms with Crippen LogP contribution < -0.4 is 0 Å². The quantitative estimate of drug-likeness (QED) is 0.796. The van der Waals surface area contributed by atoms with Crippen LogP contribution in [0.5, 0.6) is 0 Å². The van der Waals surface area contributed by atoms with E-state index in [1.165, 1.54) is 25.7 Å². The van der Waals surface area contributed by atoms with E-state index in [2.05, 4.69) is 39.5 Å². The number of β-amino-alcohol motifs (C(OH)–C–C–N with tert-alkyl or cyclic N) is 1. The number of likely N-dealkylation sites (tertiary alicyclic amines) is 1. The number of nitrogens with zero attached hydrogens (tertiary/aromatic N) is 1. The van der Waals surface area contributed by atoms with E-state index in [1.54, 1.807) is 0 Å². The number of hydrogen-bond acceptors (Lipinski definition) is 3. The molecule has 0 amide bonds. The Morgan fingerprint density at radius 1 is 1.12 bits per heavy atom. The van der Waals surface area contributed by atoms with Gasteiger partial charge in [-0.15, -0.1) is 0 Å². The minimum absolute atomic E-state index is 0.248. The van der Waals surface area contributed by atoms with E-state index >= 15 is 0 Å². The van der Waals surface area contributed by atoms with Crippen molar-refractivity contribution >= 4 is 0 Å². The molecule has 3 nitrogen and oxygen atoms in total. The summed E-state index contributed by atoms with van der Waals surface area (Å²) in [5.74, 6) is 2.34. The molecule has 1 N–H and O–H groups in total. The van der Waals surface area contributed by atoms with Gasteiger partial charge in [0.1, 0.15) is 0 Å². The summed E-state index contributed by atoms with van der Waals surface area (Å²) in [6.45, 7) is 15.8. The molecule has 3 heteroatoms. The average Bonchev–Trinajstić information content (AvgIpc) is 2.79. The van der Waals surface area contributed by atoms with Gasteiger partial charge in [-0.3, -0.25) is 0 Å². The standard InChI is InChI=1S/C21H39NO2/c1-15-10-16(2)13-22(12-15)14-18(23)7-9-24-19-11-17-6-8-21(19,5)20(17,3)4/h15-19,23H,6-14H2,1-5H3. The highest BCUT2D eigenvalue weighted by molar-refractivity contribution is 5.11. The Morgan fingerprint density at radius 3 is 2.33 bits per heavy atom. The summed E-state index contributed by atoms with van der Waals surface area (Å²) in [6.07, 6.45) is 6.15. The molecule has 1 heterocycles. The zero-order valence-corrected chi connectivity index (χ0v) is 16.6. The number of rotatable bonds is 6. The predicted molar refractivity (Wildman–Crippen MR) is 99.0 cm³/mol. The summed E-state index contributed by atoms with van der Waals surface area (Å²) < 4.78 is 6.30. The van der Waals surface area contributed by atoms with Crippen molar-refractivity contribution < 1.29 is 9.84 Å².